The summed E-state index contributed by atoms with van der Waals surface area (Å²) >= 11 is 6.27. The van der Waals surface area contributed by atoms with Gasteiger partial charge in [0.2, 0.25) is 0 Å². The molecule has 0 aliphatic rings. The lowest BCUT2D eigenvalue weighted by Gasteiger charge is -2.11. The van der Waals surface area contributed by atoms with Crippen molar-refractivity contribution in [2.45, 2.75) is 13.8 Å². The van der Waals surface area contributed by atoms with Gasteiger partial charge in [-0.05, 0) is 31.5 Å². The van der Waals surface area contributed by atoms with Gasteiger partial charge in [-0.25, -0.2) is 4.98 Å². The van der Waals surface area contributed by atoms with Gasteiger partial charge in [0.15, 0.2) is 0 Å². The SMILES string of the molecule is Cc1cc(C)c2ncc([N+](=O)[O-])c(-c3ccccc3Cl)c2c1. The van der Waals surface area contributed by atoms with Crippen LogP contribution in [0.2, 0.25) is 5.02 Å². The minimum atomic E-state index is -0.414. The largest absolute Gasteiger partial charge is 0.296 e. The quantitative estimate of drug-likeness (QED) is 0.489. The third kappa shape index (κ3) is 2.31. The Kier molecular flexibility index (Phi) is 3.54. The number of pyridine rings is 1. The first-order valence-electron chi connectivity index (χ1n) is 6.78. The standard InChI is InChI=1S/C17H13ClN2O2/c1-10-7-11(2)17-13(8-10)16(15(9-19-17)20(21)22)12-5-3-4-6-14(12)18/h3-9H,1-2H3. The van der Waals surface area contributed by atoms with E-state index in [1.165, 1.54) is 6.20 Å². The number of aromatic nitrogens is 1. The van der Waals surface area contributed by atoms with Gasteiger partial charge in [-0.15, -0.1) is 0 Å². The smallest absolute Gasteiger partial charge is 0.258 e. The molecule has 110 valence electrons. The number of aryl methyl sites for hydroxylation is 2. The molecule has 1 heterocycles. The van der Waals surface area contributed by atoms with Crippen molar-refractivity contribution in [2.24, 2.45) is 0 Å². The molecule has 3 aromatic rings. The van der Waals surface area contributed by atoms with E-state index >= 15 is 0 Å². The molecule has 0 aliphatic heterocycles. The molecular weight excluding hydrogens is 300 g/mol. The molecule has 0 N–H and O–H groups in total. The summed E-state index contributed by atoms with van der Waals surface area (Å²) in [5.41, 5.74) is 3.90. The van der Waals surface area contributed by atoms with Gasteiger partial charge in [0, 0.05) is 16.0 Å². The fraction of sp³-hybridized carbons (Fsp3) is 0.118. The number of halogens is 1. The highest BCUT2D eigenvalue weighted by molar-refractivity contribution is 6.34. The second kappa shape index (κ2) is 5.39. The van der Waals surface area contributed by atoms with Gasteiger partial charge in [0.1, 0.15) is 6.20 Å². The van der Waals surface area contributed by atoms with Crippen molar-refractivity contribution in [3.8, 4) is 11.1 Å². The van der Waals surface area contributed by atoms with E-state index in [1.807, 2.05) is 32.0 Å². The highest BCUT2D eigenvalue weighted by Gasteiger charge is 2.22. The van der Waals surface area contributed by atoms with Gasteiger partial charge in [0.25, 0.3) is 5.69 Å². The highest BCUT2D eigenvalue weighted by Crippen LogP contribution is 2.40. The number of nitrogens with zero attached hydrogens (tertiary/aromatic N) is 2. The van der Waals surface area contributed by atoms with Crippen molar-refractivity contribution >= 4 is 28.2 Å². The van der Waals surface area contributed by atoms with Crippen LogP contribution in [0.1, 0.15) is 11.1 Å². The molecule has 0 saturated heterocycles. The molecule has 0 atom stereocenters. The Balaban J connectivity index is 2.51. The molecule has 0 radical (unpaired) electrons. The maximum Gasteiger partial charge on any atom is 0.296 e. The Hall–Kier alpha value is -2.46. The van der Waals surface area contributed by atoms with Crippen molar-refractivity contribution in [1.82, 2.24) is 4.98 Å². The van der Waals surface area contributed by atoms with E-state index in [1.54, 1.807) is 18.2 Å². The molecule has 22 heavy (non-hydrogen) atoms. The van der Waals surface area contributed by atoms with Gasteiger partial charge in [0.05, 0.1) is 16.0 Å². The number of benzene rings is 2. The molecule has 0 bridgehead atoms. The average molecular weight is 313 g/mol. The Morgan fingerprint density at radius 1 is 1.18 bits per heavy atom. The molecule has 4 nitrogen and oxygen atoms in total. The highest BCUT2D eigenvalue weighted by atomic mass is 35.5. The molecule has 5 heteroatoms. The van der Waals surface area contributed by atoms with Gasteiger partial charge >= 0.3 is 0 Å². The molecule has 2 aromatic carbocycles. The Morgan fingerprint density at radius 2 is 1.91 bits per heavy atom. The predicted molar refractivity (Wildman–Crippen MR) is 88.3 cm³/mol. The average Bonchev–Trinajstić information content (AvgIpc) is 2.46. The summed E-state index contributed by atoms with van der Waals surface area (Å²) in [4.78, 5) is 15.3. The van der Waals surface area contributed by atoms with Crippen molar-refractivity contribution < 1.29 is 4.92 Å². The summed E-state index contributed by atoms with van der Waals surface area (Å²) in [7, 11) is 0. The van der Waals surface area contributed by atoms with Gasteiger partial charge in [-0.3, -0.25) is 10.1 Å². The monoisotopic (exact) mass is 312 g/mol. The van der Waals surface area contributed by atoms with E-state index in [9.17, 15) is 10.1 Å². The van der Waals surface area contributed by atoms with Crippen LogP contribution in [0.3, 0.4) is 0 Å². The van der Waals surface area contributed by atoms with Crippen LogP contribution in [0.15, 0.2) is 42.6 Å². The van der Waals surface area contributed by atoms with Crippen molar-refractivity contribution in [3.63, 3.8) is 0 Å². The second-order valence-corrected chi connectivity index (χ2v) is 5.64. The van der Waals surface area contributed by atoms with E-state index in [-0.39, 0.29) is 5.69 Å². The number of rotatable bonds is 2. The molecular formula is C17H13ClN2O2. The summed E-state index contributed by atoms with van der Waals surface area (Å²) in [5, 5.41) is 12.7. The van der Waals surface area contributed by atoms with Crippen LogP contribution >= 0.6 is 11.6 Å². The fourth-order valence-electron chi connectivity index (χ4n) is 2.74. The zero-order valence-electron chi connectivity index (χ0n) is 12.1. The lowest BCUT2D eigenvalue weighted by Crippen LogP contribution is -1.97. The lowest BCUT2D eigenvalue weighted by molar-refractivity contribution is -0.384. The van der Waals surface area contributed by atoms with E-state index in [4.69, 9.17) is 11.6 Å². The third-order valence-corrected chi connectivity index (χ3v) is 3.96. The second-order valence-electron chi connectivity index (χ2n) is 5.23. The number of hydrogen-bond donors (Lipinski definition) is 0. The van der Waals surface area contributed by atoms with E-state index in [0.717, 1.165) is 22.0 Å². The van der Waals surface area contributed by atoms with Crippen LogP contribution < -0.4 is 0 Å². The zero-order valence-corrected chi connectivity index (χ0v) is 12.9. The maximum atomic E-state index is 11.4. The molecule has 0 aliphatic carbocycles. The molecule has 1 aromatic heterocycles. The number of fused-ring (bicyclic) bond motifs is 1. The van der Waals surface area contributed by atoms with Crippen LogP contribution in [-0.2, 0) is 0 Å². The van der Waals surface area contributed by atoms with Gasteiger partial charge < -0.3 is 0 Å². The summed E-state index contributed by atoms with van der Waals surface area (Å²) < 4.78 is 0. The van der Waals surface area contributed by atoms with Crippen LogP contribution in [0.25, 0.3) is 22.0 Å². The normalized spacial score (nSPS) is 10.9. The summed E-state index contributed by atoms with van der Waals surface area (Å²) in [6.07, 6.45) is 1.31. The summed E-state index contributed by atoms with van der Waals surface area (Å²) in [6, 6.07) is 11.1. The van der Waals surface area contributed by atoms with Crippen molar-refractivity contribution in [3.05, 3.63) is 68.9 Å². The zero-order chi connectivity index (χ0) is 15.9. The third-order valence-electron chi connectivity index (χ3n) is 3.63. The van der Waals surface area contributed by atoms with Crippen molar-refractivity contribution in [2.75, 3.05) is 0 Å². The van der Waals surface area contributed by atoms with Gasteiger partial charge in [-0.2, -0.15) is 0 Å². The molecule has 0 amide bonds. The lowest BCUT2D eigenvalue weighted by atomic mass is 9.96. The van der Waals surface area contributed by atoms with Crippen LogP contribution in [0, 0.1) is 24.0 Å². The number of hydrogen-bond acceptors (Lipinski definition) is 3. The Labute approximate surface area is 132 Å². The minimum absolute atomic E-state index is 0.0365. The van der Waals surface area contributed by atoms with E-state index < -0.39 is 4.92 Å². The first kappa shape index (κ1) is 14.5. The first-order valence-corrected chi connectivity index (χ1v) is 7.16. The summed E-state index contributed by atoms with van der Waals surface area (Å²) in [6.45, 7) is 3.91. The first-order chi connectivity index (χ1) is 10.5. The Bertz CT molecular complexity index is 907. The van der Waals surface area contributed by atoms with Gasteiger partial charge in [-0.1, -0.05) is 41.4 Å². The van der Waals surface area contributed by atoms with Crippen LogP contribution in [0.5, 0.6) is 0 Å². The number of nitro groups is 1. The molecule has 0 unspecified atom stereocenters. The molecule has 0 saturated carbocycles. The van der Waals surface area contributed by atoms with E-state index in [0.29, 0.717) is 16.1 Å². The minimum Gasteiger partial charge on any atom is -0.258 e. The molecule has 0 spiro atoms. The van der Waals surface area contributed by atoms with Crippen LogP contribution in [0.4, 0.5) is 5.69 Å². The fourth-order valence-corrected chi connectivity index (χ4v) is 2.97. The van der Waals surface area contributed by atoms with E-state index in [2.05, 4.69) is 4.98 Å². The summed E-state index contributed by atoms with van der Waals surface area (Å²) in [5.74, 6) is 0. The maximum absolute atomic E-state index is 11.4. The molecule has 0 fully saturated rings. The van der Waals surface area contributed by atoms with Crippen molar-refractivity contribution in [1.29, 1.82) is 0 Å². The molecule has 3 rings (SSSR count). The topological polar surface area (TPSA) is 56.0 Å². The Morgan fingerprint density at radius 3 is 2.59 bits per heavy atom. The predicted octanol–water partition coefficient (Wildman–Crippen LogP) is 5.08. The van der Waals surface area contributed by atoms with Crippen LogP contribution in [-0.4, -0.2) is 9.91 Å².